The number of anilines is 1. The molecular weight excluding hydrogens is 705 g/mol. The summed E-state index contributed by atoms with van der Waals surface area (Å²) in [6.45, 7) is 5.38. The van der Waals surface area contributed by atoms with Gasteiger partial charge in [0.25, 0.3) is 0 Å². The van der Waals surface area contributed by atoms with Crippen molar-refractivity contribution in [3.8, 4) is 5.75 Å². The third kappa shape index (κ3) is 21.8. The minimum absolute atomic E-state index is 0.0792. The van der Waals surface area contributed by atoms with Gasteiger partial charge in [0.05, 0.1) is 112 Å². The van der Waals surface area contributed by atoms with Crippen molar-refractivity contribution in [1.29, 1.82) is 0 Å². The molecule has 53 heavy (non-hydrogen) atoms. The van der Waals surface area contributed by atoms with Crippen molar-refractivity contribution in [2.75, 3.05) is 145 Å². The summed E-state index contributed by atoms with van der Waals surface area (Å²) in [5.41, 5.74) is 3.62. The van der Waals surface area contributed by atoms with Crippen LogP contribution in [-0.4, -0.2) is 151 Å². The van der Waals surface area contributed by atoms with E-state index in [9.17, 15) is 13.2 Å². The Hall–Kier alpha value is -3.32. The van der Waals surface area contributed by atoms with E-state index in [2.05, 4.69) is 38.9 Å². The van der Waals surface area contributed by atoms with Gasteiger partial charge in [-0.3, -0.25) is 0 Å². The third-order valence-corrected chi connectivity index (χ3v) is 6.94. The first-order chi connectivity index (χ1) is 25.8. The molecule has 13 nitrogen and oxygen atoms in total. The average Bonchev–Trinajstić information content (AvgIpc) is 3.55. The first-order valence-electron chi connectivity index (χ1n) is 17.6. The molecule has 3 aromatic rings. The van der Waals surface area contributed by atoms with Crippen LogP contribution in [0.1, 0.15) is 11.5 Å². The minimum atomic E-state index is -4.32. The van der Waals surface area contributed by atoms with Crippen LogP contribution in [-0.2, 0) is 42.6 Å². The van der Waals surface area contributed by atoms with Gasteiger partial charge >= 0.3 is 6.18 Å². The molecule has 1 heterocycles. The Kier molecular flexibility index (Phi) is 22.7. The molecule has 0 spiro atoms. The molecule has 0 aliphatic carbocycles. The molecule has 0 radical (unpaired) electrons. The van der Waals surface area contributed by atoms with Crippen LogP contribution in [0.15, 0.2) is 46.9 Å². The van der Waals surface area contributed by atoms with E-state index in [1.807, 2.05) is 44.4 Å². The molecule has 0 saturated heterocycles. The number of alkyl halides is 3. The van der Waals surface area contributed by atoms with Gasteiger partial charge in [0.1, 0.15) is 24.5 Å². The normalized spacial score (nSPS) is 12.0. The molecule has 0 amide bonds. The van der Waals surface area contributed by atoms with Crippen LogP contribution in [0.5, 0.6) is 5.75 Å². The standard InChI is InChI=1S/C37H53F3N2O11/c1-42(2)32-6-3-31(4-7-32)5-10-36-41-34-9-8-33(29-35(34)53-36)52-28-27-50-24-23-48-20-19-46-16-15-44-12-11-43-13-14-45-17-18-47-21-22-49-25-26-51-30-37(38,39)40/h3-10,29H,11-28,30H2,1-2H3. The summed E-state index contributed by atoms with van der Waals surface area (Å²) in [7, 11) is 4.02. The van der Waals surface area contributed by atoms with Crippen molar-refractivity contribution in [3.63, 3.8) is 0 Å². The maximum absolute atomic E-state index is 11.9. The minimum Gasteiger partial charge on any atom is -0.491 e. The number of benzene rings is 2. The van der Waals surface area contributed by atoms with Gasteiger partial charge in [-0.1, -0.05) is 12.1 Å². The SMILES string of the molecule is CN(C)c1ccc(C=Cc2nc3ccc(OCCOCCOCCOCCOCCOCCOCCOCCOCCOCC(F)(F)F)cc3o2)cc1. The maximum Gasteiger partial charge on any atom is 0.411 e. The van der Waals surface area contributed by atoms with Gasteiger partial charge in [-0.05, 0) is 35.9 Å². The van der Waals surface area contributed by atoms with Gasteiger partial charge in [-0.15, -0.1) is 0 Å². The number of ether oxygens (including phenoxy) is 10. The number of rotatable bonds is 32. The number of halogens is 3. The fourth-order valence-corrected chi connectivity index (χ4v) is 4.30. The summed E-state index contributed by atoms with van der Waals surface area (Å²) in [4.78, 5) is 6.58. The van der Waals surface area contributed by atoms with Crippen molar-refractivity contribution in [1.82, 2.24) is 4.98 Å². The molecule has 2 aromatic carbocycles. The Labute approximate surface area is 309 Å². The third-order valence-electron chi connectivity index (χ3n) is 6.94. The van der Waals surface area contributed by atoms with Gasteiger partial charge in [0.15, 0.2) is 5.58 Å². The lowest BCUT2D eigenvalue weighted by Crippen LogP contribution is -2.19. The maximum atomic E-state index is 11.9. The predicted octanol–water partition coefficient (Wildman–Crippen LogP) is 5.15. The molecule has 0 fully saturated rings. The quantitative estimate of drug-likeness (QED) is 0.0781. The molecule has 0 saturated carbocycles. The van der Waals surface area contributed by atoms with Gasteiger partial charge in [0.2, 0.25) is 5.89 Å². The highest BCUT2D eigenvalue weighted by atomic mass is 19.4. The highest BCUT2D eigenvalue weighted by Crippen LogP contribution is 2.23. The first kappa shape index (κ1) is 44.1. The fraction of sp³-hybridized carbons (Fsp3) is 0.595. The smallest absolute Gasteiger partial charge is 0.411 e. The van der Waals surface area contributed by atoms with Crippen molar-refractivity contribution in [3.05, 3.63) is 53.9 Å². The molecular formula is C37H53F3N2O11. The lowest BCUT2D eigenvalue weighted by Gasteiger charge is -2.11. The number of hydrogen-bond donors (Lipinski definition) is 0. The Bertz CT molecular complexity index is 1370. The number of aromatic nitrogens is 1. The molecule has 0 atom stereocenters. The zero-order valence-electron chi connectivity index (χ0n) is 30.7. The van der Waals surface area contributed by atoms with Crippen LogP contribution < -0.4 is 9.64 Å². The molecule has 0 N–H and O–H groups in total. The molecule has 0 unspecified atom stereocenters. The van der Waals surface area contributed by atoms with Crippen molar-refractivity contribution >= 4 is 28.9 Å². The van der Waals surface area contributed by atoms with Crippen LogP contribution >= 0.6 is 0 Å². The number of nitrogens with zero attached hydrogens (tertiary/aromatic N) is 2. The fourth-order valence-electron chi connectivity index (χ4n) is 4.30. The number of oxazole rings is 1. The number of hydrogen-bond acceptors (Lipinski definition) is 13. The largest absolute Gasteiger partial charge is 0.491 e. The van der Waals surface area contributed by atoms with E-state index in [1.54, 1.807) is 0 Å². The van der Waals surface area contributed by atoms with Crippen molar-refractivity contribution < 1.29 is 65.0 Å². The van der Waals surface area contributed by atoms with E-state index < -0.39 is 12.8 Å². The van der Waals surface area contributed by atoms with Crippen LogP contribution in [0.2, 0.25) is 0 Å². The van der Waals surface area contributed by atoms with E-state index >= 15 is 0 Å². The molecule has 0 aliphatic rings. The van der Waals surface area contributed by atoms with E-state index in [4.69, 9.17) is 47.0 Å². The Morgan fingerprint density at radius 1 is 0.566 bits per heavy atom. The first-order valence-corrected chi connectivity index (χ1v) is 17.6. The molecule has 1 aromatic heterocycles. The van der Waals surface area contributed by atoms with Crippen LogP contribution in [0.25, 0.3) is 23.3 Å². The Morgan fingerprint density at radius 2 is 1.00 bits per heavy atom. The van der Waals surface area contributed by atoms with Crippen molar-refractivity contribution in [2.24, 2.45) is 0 Å². The van der Waals surface area contributed by atoms with E-state index in [0.29, 0.717) is 116 Å². The summed E-state index contributed by atoms with van der Waals surface area (Å²) in [6, 6.07) is 13.8. The van der Waals surface area contributed by atoms with Crippen molar-refractivity contribution in [2.45, 2.75) is 6.18 Å². The Balaban J connectivity index is 1.02. The molecule has 298 valence electrons. The lowest BCUT2D eigenvalue weighted by molar-refractivity contribution is -0.176. The molecule has 0 bridgehead atoms. The van der Waals surface area contributed by atoms with Gasteiger partial charge < -0.3 is 56.7 Å². The highest BCUT2D eigenvalue weighted by Gasteiger charge is 2.27. The lowest BCUT2D eigenvalue weighted by atomic mass is 10.2. The predicted molar refractivity (Wildman–Crippen MR) is 193 cm³/mol. The van der Waals surface area contributed by atoms with Gasteiger partial charge in [0, 0.05) is 31.9 Å². The zero-order chi connectivity index (χ0) is 37.8. The zero-order valence-corrected chi connectivity index (χ0v) is 30.7. The number of fused-ring (bicyclic) bond motifs is 1. The average molecular weight is 759 g/mol. The van der Waals surface area contributed by atoms with Crippen LogP contribution in [0.3, 0.4) is 0 Å². The topological polar surface area (TPSA) is 122 Å². The second-order valence-corrected chi connectivity index (χ2v) is 11.4. The molecule has 3 rings (SSSR count). The van der Waals surface area contributed by atoms with Crippen LogP contribution in [0, 0.1) is 0 Å². The van der Waals surface area contributed by atoms with Gasteiger partial charge in [-0.25, -0.2) is 4.98 Å². The van der Waals surface area contributed by atoms with E-state index in [0.717, 1.165) is 16.8 Å². The van der Waals surface area contributed by atoms with Crippen LogP contribution in [0.4, 0.5) is 18.9 Å². The summed E-state index contributed by atoms with van der Waals surface area (Å²) < 4.78 is 95.1. The summed E-state index contributed by atoms with van der Waals surface area (Å²) in [6.07, 6.45) is -0.499. The summed E-state index contributed by atoms with van der Waals surface area (Å²) in [5.74, 6) is 1.21. The monoisotopic (exact) mass is 758 g/mol. The summed E-state index contributed by atoms with van der Waals surface area (Å²) in [5, 5.41) is 0. The second-order valence-electron chi connectivity index (χ2n) is 11.4. The highest BCUT2D eigenvalue weighted by molar-refractivity contribution is 5.77. The summed E-state index contributed by atoms with van der Waals surface area (Å²) >= 11 is 0. The van der Waals surface area contributed by atoms with E-state index in [1.165, 1.54) is 0 Å². The van der Waals surface area contributed by atoms with E-state index in [-0.39, 0.29) is 19.8 Å². The molecule has 16 heteroatoms. The molecule has 0 aliphatic heterocycles. The second kappa shape index (κ2) is 27.3. The van der Waals surface area contributed by atoms with Gasteiger partial charge in [-0.2, -0.15) is 13.2 Å². The Morgan fingerprint density at radius 3 is 1.43 bits per heavy atom.